The summed E-state index contributed by atoms with van der Waals surface area (Å²) >= 11 is 5.42. The molecule has 0 aliphatic rings. The number of sulfonamides is 1. The second kappa shape index (κ2) is 6.62. The van der Waals surface area contributed by atoms with Gasteiger partial charge in [0.2, 0.25) is 0 Å². The van der Waals surface area contributed by atoms with Crippen molar-refractivity contribution in [3.63, 3.8) is 0 Å². The number of benzene rings is 2. The van der Waals surface area contributed by atoms with E-state index < -0.39 is 15.5 Å². The van der Waals surface area contributed by atoms with Crippen molar-refractivity contribution in [2.45, 2.75) is 22.2 Å². The van der Waals surface area contributed by atoms with Crippen molar-refractivity contribution in [3.8, 4) is 0 Å². The lowest BCUT2D eigenvalue weighted by Gasteiger charge is -2.11. The van der Waals surface area contributed by atoms with Crippen molar-refractivity contribution in [1.29, 1.82) is 0 Å². The minimum atomic E-state index is -4.47. The second-order valence-electron chi connectivity index (χ2n) is 4.62. The molecule has 0 atom stereocenters. The van der Waals surface area contributed by atoms with Gasteiger partial charge >= 0.3 is 5.51 Å². The van der Waals surface area contributed by atoms with Crippen molar-refractivity contribution in [2.75, 3.05) is 4.72 Å². The van der Waals surface area contributed by atoms with E-state index in [2.05, 4.69) is 4.72 Å². The van der Waals surface area contributed by atoms with Crippen LogP contribution in [0.4, 0.5) is 18.9 Å². The number of alkyl halides is 3. The summed E-state index contributed by atoms with van der Waals surface area (Å²) in [4.78, 5) is -0.139. The van der Waals surface area contributed by atoms with Crippen LogP contribution in [0.2, 0.25) is 5.02 Å². The van der Waals surface area contributed by atoms with Crippen molar-refractivity contribution in [2.24, 2.45) is 0 Å². The van der Waals surface area contributed by atoms with Gasteiger partial charge < -0.3 is 0 Å². The highest BCUT2D eigenvalue weighted by atomic mass is 35.5. The number of aryl methyl sites for hydroxylation is 1. The Bertz CT molecular complexity index is 823. The minimum absolute atomic E-state index is 0.0577. The fourth-order valence-electron chi connectivity index (χ4n) is 1.77. The first-order chi connectivity index (χ1) is 10.6. The summed E-state index contributed by atoms with van der Waals surface area (Å²) in [5.74, 6) is 0. The molecule has 124 valence electrons. The number of hydrogen-bond donors (Lipinski definition) is 1. The highest BCUT2D eigenvalue weighted by molar-refractivity contribution is 8.00. The molecule has 2 aromatic rings. The predicted molar refractivity (Wildman–Crippen MR) is 85.4 cm³/mol. The standard InChI is InChI=1S/C14H11ClF3NO2S2/c1-9-3-2-4-11(7-9)23(20,21)19-10-5-6-13(12(15)8-10)22-14(16,17)18/h2-8,19H,1H3. The first kappa shape index (κ1) is 18.0. The zero-order chi connectivity index (χ0) is 17.3. The zero-order valence-corrected chi connectivity index (χ0v) is 14.1. The topological polar surface area (TPSA) is 46.2 Å². The lowest BCUT2D eigenvalue weighted by molar-refractivity contribution is -0.0328. The van der Waals surface area contributed by atoms with E-state index in [0.717, 1.165) is 17.7 Å². The quantitative estimate of drug-likeness (QED) is 0.753. The Morgan fingerprint density at radius 1 is 1.13 bits per heavy atom. The molecule has 2 rings (SSSR count). The van der Waals surface area contributed by atoms with E-state index in [-0.39, 0.29) is 32.3 Å². The molecule has 0 aromatic heterocycles. The van der Waals surface area contributed by atoms with Crippen molar-refractivity contribution >= 4 is 39.1 Å². The molecule has 2 aromatic carbocycles. The number of rotatable bonds is 4. The molecular weight excluding hydrogens is 371 g/mol. The van der Waals surface area contributed by atoms with E-state index in [0.29, 0.717) is 0 Å². The monoisotopic (exact) mass is 381 g/mol. The van der Waals surface area contributed by atoms with Crippen LogP contribution in [-0.4, -0.2) is 13.9 Å². The molecule has 0 unspecified atom stereocenters. The fourth-order valence-corrected chi connectivity index (χ4v) is 3.76. The molecule has 0 saturated heterocycles. The van der Waals surface area contributed by atoms with Crippen LogP contribution in [-0.2, 0) is 10.0 Å². The fraction of sp³-hybridized carbons (Fsp3) is 0.143. The lowest BCUT2D eigenvalue weighted by atomic mass is 10.2. The normalized spacial score (nSPS) is 12.2. The molecule has 0 amide bonds. The van der Waals surface area contributed by atoms with Crippen LogP contribution < -0.4 is 4.72 Å². The largest absolute Gasteiger partial charge is 0.446 e. The van der Waals surface area contributed by atoms with E-state index in [4.69, 9.17) is 11.6 Å². The molecule has 23 heavy (non-hydrogen) atoms. The minimum Gasteiger partial charge on any atom is -0.280 e. The van der Waals surface area contributed by atoms with Crippen molar-refractivity contribution < 1.29 is 21.6 Å². The maximum atomic E-state index is 12.3. The van der Waals surface area contributed by atoms with Crippen LogP contribution in [0.25, 0.3) is 0 Å². The number of thioether (sulfide) groups is 1. The van der Waals surface area contributed by atoms with E-state index in [1.807, 2.05) is 0 Å². The van der Waals surface area contributed by atoms with Gasteiger partial charge in [-0.25, -0.2) is 8.42 Å². The van der Waals surface area contributed by atoms with Crippen LogP contribution in [0.15, 0.2) is 52.3 Å². The number of nitrogens with one attached hydrogen (secondary N) is 1. The third-order valence-corrected chi connectivity index (χ3v) is 5.32. The van der Waals surface area contributed by atoms with Crippen LogP contribution in [0.5, 0.6) is 0 Å². The van der Waals surface area contributed by atoms with Gasteiger partial charge in [-0.15, -0.1) is 0 Å². The Balaban J connectivity index is 2.25. The summed E-state index contributed by atoms with van der Waals surface area (Å²) < 4.78 is 63.8. The van der Waals surface area contributed by atoms with Gasteiger partial charge in [0, 0.05) is 4.90 Å². The summed E-state index contributed by atoms with van der Waals surface area (Å²) in [6, 6.07) is 9.74. The van der Waals surface area contributed by atoms with Crippen LogP contribution in [0.3, 0.4) is 0 Å². The molecule has 9 heteroatoms. The molecule has 3 nitrogen and oxygen atoms in total. The van der Waals surface area contributed by atoms with Crippen LogP contribution in [0, 0.1) is 6.92 Å². The Morgan fingerprint density at radius 3 is 2.39 bits per heavy atom. The molecule has 0 saturated carbocycles. The Kier molecular flexibility index (Phi) is 5.17. The maximum Gasteiger partial charge on any atom is 0.446 e. The third kappa shape index (κ3) is 5.05. The molecule has 0 spiro atoms. The van der Waals surface area contributed by atoms with E-state index in [9.17, 15) is 21.6 Å². The SMILES string of the molecule is Cc1cccc(S(=O)(=O)Nc2ccc(SC(F)(F)F)c(Cl)c2)c1. The lowest BCUT2D eigenvalue weighted by Crippen LogP contribution is -2.13. The Morgan fingerprint density at radius 2 is 1.83 bits per heavy atom. The number of anilines is 1. The van der Waals surface area contributed by atoms with Crippen LogP contribution in [0.1, 0.15) is 5.56 Å². The van der Waals surface area contributed by atoms with E-state index >= 15 is 0 Å². The number of hydrogen-bond acceptors (Lipinski definition) is 3. The van der Waals surface area contributed by atoms with Gasteiger partial charge in [0.25, 0.3) is 10.0 Å². The summed E-state index contributed by atoms with van der Waals surface area (Å²) in [6.07, 6.45) is 0. The first-order valence-electron chi connectivity index (χ1n) is 6.22. The molecule has 1 N–H and O–H groups in total. The molecule has 0 bridgehead atoms. The summed E-state index contributed by atoms with van der Waals surface area (Å²) in [7, 11) is -3.84. The molecular formula is C14H11ClF3NO2S2. The summed E-state index contributed by atoms with van der Waals surface area (Å²) in [6.45, 7) is 1.75. The molecule has 0 aliphatic carbocycles. The van der Waals surface area contributed by atoms with E-state index in [1.54, 1.807) is 19.1 Å². The summed E-state index contributed by atoms with van der Waals surface area (Å²) in [5, 5.41) is -0.184. The van der Waals surface area contributed by atoms with Crippen molar-refractivity contribution in [1.82, 2.24) is 0 Å². The maximum absolute atomic E-state index is 12.3. The van der Waals surface area contributed by atoms with Gasteiger partial charge in [-0.3, -0.25) is 4.72 Å². The van der Waals surface area contributed by atoms with Crippen molar-refractivity contribution in [3.05, 3.63) is 53.1 Å². The van der Waals surface area contributed by atoms with Gasteiger partial charge in [-0.2, -0.15) is 13.2 Å². The Labute approximate surface area is 140 Å². The van der Waals surface area contributed by atoms with Gasteiger partial charge in [0.1, 0.15) is 0 Å². The van der Waals surface area contributed by atoms with Gasteiger partial charge in [0.15, 0.2) is 0 Å². The van der Waals surface area contributed by atoms with Gasteiger partial charge in [0.05, 0.1) is 15.6 Å². The average Bonchev–Trinajstić information content (AvgIpc) is 2.40. The number of halogens is 4. The highest BCUT2D eigenvalue weighted by Crippen LogP contribution is 2.41. The molecule has 0 fully saturated rings. The van der Waals surface area contributed by atoms with Gasteiger partial charge in [-0.05, 0) is 54.6 Å². The predicted octanol–water partition coefficient (Wildman–Crippen LogP) is 5.06. The third-order valence-electron chi connectivity index (χ3n) is 2.71. The first-order valence-corrected chi connectivity index (χ1v) is 8.89. The molecule has 0 heterocycles. The highest BCUT2D eigenvalue weighted by Gasteiger charge is 2.30. The smallest absolute Gasteiger partial charge is 0.280 e. The molecule has 0 radical (unpaired) electrons. The zero-order valence-electron chi connectivity index (χ0n) is 11.7. The average molecular weight is 382 g/mol. The second-order valence-corrected chi connectivity index (χ2v) is 7.81. The molecule has 0 aliphatic heterocycles. The summed E-state index contributed by atoms with van der Waals surface area (Å²) in [5.41, 5.74) is -3.61. The Hall–Kier alpha value is -1.38. The van der Waals surface area contributed by atoms with E-state index in [1.165, 1.54) is 18.2 Å². The van der Waals surface area contributed by atoms with Gasteiger partial charge in [-0.1, -0.05) is 23.7 Å². The van der Waals surface area contributed by atoms with Crippen LogP contribution >= 0.6 is 23.4 Å².